The molecule has 1 aromatic heterocycles. The second-order valence-corrected chi connectivity index (χ2v) is 6.55. The Kier molecular flexibility index (Phi) is 4.43. The van der Waals surface area contributed by atoms with Gasteiger partial charge in [-0.3, -0.25) is 0 Å². The van der Waals surface area contributed by atoms with Crippen LogP contribution in [0.5, 0.6) is 0 Å². The third kappa shape index (κ3) is 3.54. The Bertz CT molecular complexity index is 636. The van der Waals surface area contributed by atoms with Gasteiger partial charge in [-0.25, -0.2) is 9.97 Å². The SMILES string of the molecule is CC(C)(C)c1nc(Cl)cc(Nc2cccc(Cl)c2Cl)n1. The van der Waals surface area contributed by atoms with Gasteiger partial charge in [-0.2, -0.15) is 0 Å². The number of hydrogen-bond donors (Lipinski definition) is 1. The van der Waals surface area contributed by atoms with Crippen LogP contribution in [0.1, 0.15) is 26.6 Å². The number of halogens is 3. The summed E-state index contributed by atoms with van der Waals surface area (Å²) in [4.78, 5) is 8.70. The van der Waals surface area contributed by atoms with Gasteiger partial charge in [0, 0.05) is 11.5 Å². The lowest BCUT2D eigenvalue weighted by Crippen LogP contribution is -2.16. The first kappa shape index (κ1) is 15.4. The molecule has 0 fully saturated rings. The van der Waals surface area contributed by atoms with E-state index < -0.39 is 0 Å². The highest BCUT2D eigenvalue weighted by Crippen LogP contribution is 2.32. The van der Waals surface area contributed by atoms with Crippen LogP contribution in [0.2, 0.25) is 15.2 Å². The van der Waals surface area contributed by atoms with Gasteiger partial charge in [-0.1, -0.05) is 61.6 Å². The molecule has 20 heavy (non-hydrogen) atoms. The lowest BCUT2D eigenvalue weighted by molar-refractivity contribution is 0.546. The standard InChI is InChI=1S/C14H14Cl3N3/c1-14(2,3)13-19-10(16)7-11(20-13)18-9-6-4-5-8(15)12(9)17/h4-7H,1-3H3,(H,18,19,20). The van der Waals surface area contributed by atoms with E-state index in [0.717, 1.165) is 0 Å². The molecule has 2 rings (SSSR count). The molecule has 0 aliphatic rings. The quantitative estimate of drug-likeness (QED) is 0.741. The van der Waals surface area contributed by atoms with Gasteiger partial charge in [-0.05, 0) is 12.1 Å². The first-order valence-electron chi connectivity index (χ1n) is 6.03. The highest BCUT2D eigenvalue weighted by Gasteiger charge is 2.19. The molecule has 0 spiro atoms. The molecule has 0 saturated carbocycles. The van der Waals surface area contributed by atoms with Gasteiger partial charge in [0.05, 0.1) is 15.7 Å². The van der Waals surface area contributed by atoms with E-state index in [1.54, 1.807) is 12.1 Å². The Morgan fingerprint density at radius 1 is 1.05 bits per heavy atom. The number of rotatable bonds is 2. The molecular weight excluding hydrogens is 317 g/mol. The predicted octanol–water partition coefficient (Wildman–Crippen LogP) is 5.48. The zero-order valence-electron chi connectivity index (χ0n) is 11.3. The van der Waals surface area contributed by atoms with Crippen LogP contribution < -0.4 is 5.32 Å². The van der Waals surface area contributed by atoms with Gasteiger partial charge < -0.3 is 5.32 Å². The molecule has 0 amide bonds. The summed E-state index contributed by atoms with van der Waals surface area (Å²) in [6.45, 7) is 6.07. The van der Waals surface area contributed by atoms with Crippen LogP contribution in [-0.2, 0) is 5.41 Å². The van der Waals surface area contributed by atoms with E-state index in [-0.39, 0.29) is 5.41 Å². The second kappa shape index (κ2) is 5.76. The summed E-state index contributed by atoms with van der Waals surface area (Å²) in [6.07, 6.45) is 0. The van der Waals surface area contributed by atoms with Gasteiger partial charge in [0.2, 0.25) is 0 Å². The summed E-state index contributed by atoms with van der Waals surface area (Å²) in [5, 5.41) is 4.42. The smallest absolute Gasteiger partial charge is 0.137 e. The van der Waals surface area contributed by atoms with Crippen molar-refractivity contribution in [2.24, 2.45) is 0 Å². The maximum absolute atomic E-state index is 6.14. The van der Waals surface area contributed by atoms with Crippen LogP contribution in [-0.4, -0.2) is 9.97 Å². The van der Waals surface area contributed by atoms with Crippen LogP contribution in [0.15, 0.2) is 24.3 Å². The van der Waals surface area contributed by atoms with Crippen LogP contribution in [0.4, 0.5) is 11.5 Å². The van der Waals surface area contributed by atoms with Crippen molar-refractivity contribution in [3.8, 4) is 0 Å². The minimum absolute atomic E-state index is 0.195. The van der Waals surface area contributed by atoms with E-state index in [1.165, 1.54) is 0 Å². The van der Waals surface area contributed by atoms with Crippen molar-refractivity contribution in [2.45, 2.75) is 26.2 Å². The summed E-state index contributed by atoms with van der Waals surface area (Å²) < 4.78 is 0. The number of nitrogens with one attached hydrogen (secondary N) is 1. The molecule has 106 valence electrons. The van der Waals surface area contributed by atoms with Gasteiger partial charge in [0.15, 0.2) is 0 Å². The molecule has 1 N–H and O–H groups in total. The Labute approximate surface area is 133 Å². The highest BCUT2D eigenvalue weighted by atomic mass is 35.5. The monoisotopic (exact) mass is 329 g/mol. The molecule has 0 bridgehead atoms. The normalized spacial score (nSPS) is 11.5. The zero-order chi connectivity index (χ0) is 14.9. The molecule has 0 aliphatic carbocycles. The summed E-state index contributed by atoms with van der Waals surface area (Å²) in [5.74, 6) is 1.24. The van der Waals surface area contributed by atoms with E-state index in [2.05, 4.69) is 15.3 Å². The first-order valence-corrected chi connectivity index (χ1v) is 7.17. The molecular formula is C14H14Cl3N3. The highest BCUT2D eigenvalue weighted by molar-refractivity contribution is 6.43. The average molecular weight is 331 g/mol. The first-order chi connectivity index (χ1) is 9.27. The average Bonchev–Trinajstić information content (AvgIpc) is 2.33. The largest absolute Gasteiger partial charge is 0.339 e. The Balaban J connectivity index is 2.39. The molecule has 3 nitrogen and oxygen atoms in total. The maximum Gasteiger partial charge on any atom is 0.137 e. The Hall–Kier alpha value is -1.03. The second-order valence-electron chi connectivity index (χ2n) is 5.38. The Morgan fingerprint density at radius 3 is 2.40 bits per heavy atom. The minimum Gasteiger partial charge on any atom is -0.339 e. The van der Waals surface area contributed by atoms with Gasteiger partial charge >= 0.3 is 0 Å². The van der Waals surface area contributed by atoms with Gasteiger partial charge in [0.1, 0.15) is 16.8 Å². The number of anilines is 2. The molecule has 2 aromatic rings. The minimum atomic E-state index is -0.195. The maximum atomic E-state index is 6.14. The van der Waals surface area contributed by atoms with Crippen molar-refractivity contribution >= 4 is 46.3 Å². The topological polar surface area (TPSA) is 37.8 Å². The van der Waals surface area contributed by atoms with Crippen LogP contribution in [0.25, 0.3) is 0 Å². The predicted molar refractivity (Wildman–Crippen MR) is 85.5 cm³/mol. The van der Waals surface area contributed by atoms with E-state index in [1.807, 2.05) is 32.9 Å². The van der Waals surface area contributed by atoms with Gasteiger partial charge in [-0.15, -0.1) is 0 Å². The fourth-order valence-electron chi connectivity index (χ4n) is 1.56. The fraction of sp³-hybridized carbons (Fsp3) is 0.286. The Morgan fingerprint density at radius 2 is 1.75 bits per heavy atom. The van der Waals surface area contributed by atoms with Crippen LogP contribution in [0, 0.1) is 0 Å². The van der Waals surface area contributed by atoms with Crippen LogP contribution in [0.3, 0.4) is 0 Å². The molecule has 0 unspecified atom stereocenters. The van der Waals surface area contributed by atoms with E-state index >= 15 is 0 Å². The van der Waals surface area contributed by atoms with Crippen molar-refractivity contribution in [3.63, 3.8) is 0 Å². The summed E-state index contributed by atoms with van der Waals surface area (Å²) in [6, 6.07) is 7.00. The number of benzene rings is 1. The summed E-state index contributed by atoms with van der Waals surface area (Å²) >= 11 is 18.2. The fourth-order valence-corrected chi connectivity index (χ4v) is 2.09. The zero-order valence-corrected chi connectivity index (χ0v) is 13.6. The van der Waals surface area contributed by atoms with E-state index in [0.29, 0.717) is 32.5 Å². The lowest BCUT2D eigenvalue weighted by atomic mass is 9.96. The lowest BCUT2D eigenvalue weighted by Gasteiger charge is -2.18. The van der Waals surface area contributed by atoms with Gasteiger partial charge in [0.25, 0.3) is 0 Å². The van der Waals surface area contributed by atoms with E-state index in [4.69, 9.17) is 34.8 Å². The van der Waals surface area contributed by atoms with Crippen LogP contribution >= 0.6 is 34.8 Å². The number of aromatic nitrogens is 2. The summed E-state index contributed by atoms with van der Waals surface area (Å²) in [7, 11) is 0. The molecule has 1 aromatic carbocycles. The molecule has 1 heterocycles. The van der Waals surface area contributed by atoms with Crippen molar-refractivity contribution in [2.75, 3.05) is 5.32 Å². The van der Waals surface area contributed by atoms with Crippen molar-refractivity contribution < 1.29 is 0 Å². The van der Waals surface area contributed by atoms with Crippen molar-refractivity contribution in [1.29, 1.82) is 0 Å². The number of nitrogens with zero attached hydrogens (tertiary/aromatic N) is 2. The third-order valence-corrected chi connectivity index (χ3v) is 3.59. The third-order valence-electron chi connectivity index (χ3n) is 2.58. The molecule has 6 heteroatoms. The van der Waals surface area contributed by atoms with Crippen molar-refractivity contribution in [1.82, 2.24) is 9.97 Å². The molecule has 0 saturated heterocycles. The van der Waals surface area contributed by atoms with E-state index in [9.17, 15) is 0 Å². The molecule has 0 aliphatic heterocycles. The number of hydrogen-bond acceptors (Lipinski definition) is 3. The molecule has 0 atom stereocenters. The molecule has 0 radical (unpaired) electrons. The summed E-state index contributed by atoms with van der Waals surface area (Å²) in [5.41, 5.74) is 0.480. The van der Waals surface area contributed by atoms with Crippen molar-refractivity contribution in [3.05, 3.63) is 45.3 Å².